The maximum atomic E-state index is 11.9. The van der Waals surface area contributed by atoms with Crippen LogP contribution in [0.1, 0.15) is 13.3 Å². The lowest BCUT2D eigenvalue weighted by atomic mass is 10.2. The molecule has 2 N–H and O–H groups in total. The molecule has 118 valence electrons. The predicted octanol–water partition coefficient (Wildman–Crippen LogP) is 1.75. The number of nitrogens with zero attached hydrogens (tertiary/aromatic N) is 1. The normalized spacial score (nSPS) is 10.6. The molecule has 2 aromatic rings. The molecule has 0 radical (unpaired) electrons. The molecule has 2 rings (SSSR count). The Morgan fingerprint density at radius 1 is 1.27 bits per heavy atom. The van der Waals surface area contributed by atoms with E-state index in [9.17, 15) is 9.59 Å². The molecule has 0 aliphatic rings. The van der Waals surface area contributed by atoms with E-state index < -0.39 is 0 Å². The number of carbonyl (C=O) groups excluding carboxylic acids is 2. The van der Waals surface area contributed by atoms with E-state index in [0.717, 1.165) is 23.0 Å². The number of benzene rings is 1. The molecule has 0 fully saturated rings. The van der Waals surface area contributed by atoms with Gasteiger partial charge in [-0.2, -0.15) is 0 Å². The molecule has 1 aromatic carbocycles. The van der Waals surface area contributed by atoms with Crippen molar-refractivity contribution in [2.75, 3.05) is 25.6 Å². The van der Waals surface area contributed by atoms with Crippen molar-refractivity contribution < 1.29 is 14.3 Å². The predicted molar refractivity (Wildman–Crippen MR) is 85.7 cm³/mol. The van der Waals surface area contributed by atoms with E-state index in [1.807, 2.05) is 35.0 Å². The summed E-state index contributed by atoms with van der Waals surface area (Å²) < 4.78 is 6.81. The van der Waals surface area contributed by atoms with Crippen molar-refractivity contribution in [2.45, 2.75) is 19.9 Å². The van der Waals surface area contributed by atoms with E-state index in [1.54, 1.807) is 7.11 Å². The fourth-order valence-electron chi connectivity index (χ4n) is 2.31. The van der Waals surface area contributed by atoms with Gasteiger partial charge in [0, 0.05) is 38.8 Å². The highest BCUT2D eigenvalue weighted by Gasteiger charge is 2.09. The van der Waals surface area contributed by atoms with Crippen LogP contribution in [-0.4, -0.2) is 36.6 Å². The fraction of sp³-hybridized carbons (Fsp3) is 0.375. The third kappa shape index (κ3) is 4.08. The highest BCUT2D eigenvalue weighted by Crippen LogP contribution is 2.24. The van der Waals surface area contributed by atoms with Crippen molar-refractivity contribution in [2.24, 2.45) is 0 Å². The van der Waals surface area contributed by atoms with Crippen LogP contribution in [-0.2, 0) is 20.9 Å². The summed E-state index contributed by atoms with van der Waals surface area (Å²) in [5.41, 5.74) is 1.67. The van der Waals surface area contributed by atoms with Gasteiger partial charge in [0.25, 0.3) is 0 Å². The van der Waals surface area contributed by atoms with Crippen molar-refractivity contribution in [3.63, 3.8) is 0 Å². The van der Waals surface area contributed by atoms with E-state index in [4.69, 9.17) is 4.74 Å². The highest BCUT2D eigenvalue weighted by molar-refractivity contribution is 6.01. The Bertz CT molecular complexity index is 664. The van der Waals surface area contributed by atoms with E-state index in [-0.39, 0.29) is 18.4 Å². The number of anilines is 1. The van der Waals surface area contributed by atoms with Crippen molar-refractivity contribution in [1.82, 2.24) is 9.88 Å². The number of aromatic nitrogens is 1. The summed E-state index contributed by atoms with van der Waals surface area (Å²) in [6.07, 6.45) is 2.64. The van der Waals surface area contributed by atoms with Crippen molar-refractivity contribution in [3.05, 3.63) is 30.5 Å². The number of methoxy groups -OCH3 is 1. The minimum atomic E-state index is -0.115. The van der Waals surface area contributed by atoms with Crippen LogP contribution in [0.15, 0.2) is 30.5 Å². The zero-order valence-corrected chi connectivity index (χ0v) is 12.9. The largest absolute Gasteiger partial charge is 0.385 e. The minimum Gasteiger partial charge on any atom is -0.385 e. The Morgan fingerprint density at radius 3 is 2.82 bits per heavy atom. The second-order valence-corrected chi connectivity index (χ2v) is 5.06. The molecule has 6 heteroatoms. The molecule has 0 aliphatic heterocycles. The van der Waals surface area contributed by atoms with E-state index in [1.165, 1.54) is 6.92 Å². The smallest absolute Gasteiger partial charge is 0.239 e. The monoisotopic (exact) mass is 303 g/mol. The summed E-state index contributed by atoms with van der Waals surface area (Å²) in [5.74, 6) is -0.158. The fourth-order valence-corrected chi connectivity index (χ4v) is 2.31. The third-order valence-corrected chi connectivity index (χ3v) is 3.29. The van der Waals surface area contributed by atoms with Crippen LogP contribution >= 0.6 is 0 Å². The SMILES string of the molecule is COCCCNC(=O)Cn1ccc2c(NC(C)=O)cccc21. The van der Waals surface area contributed by atoms with Gasteiger partial charge < -0.3 is 19.9 Å². The molecule has 6 nitrogen and oxygen atoms in total. The van der Waals surface area contributed by atoms with Crippen LogP contribution in [0, 0.1) is 0 Å². The first-order valence-corrected chi connectivity index (χ1v) is 7.23. The third-order valence-electron chi connectivity index (χ3n) is 3.29. The van der Waals surface area contributed by atoms with Crippen LogP contribution in [0.5, 0.6) is 0 Å². The lowest BCUT2D eigenvalue weighted by Crippen LogP contribution is -2.28. The number of ether oxygens (including phenoxy) is 1. The Kier molecular flexibility index (Phi) is 5.55. The second kappa shape index (κ2) is 7.61. The lowest BCUT2D eigenvalue weighted by molar-refractivity contribution is -0.121. The summed E-state index contributed by atoms with van der Waals surface area (Å²) in [5, 5.41) is 6.58. The van der Waals surface area contributed by atoms with E-state index >= 15 is 0 Å². The van der Waals surface area contributed by atoms with Crippen LogP contribution in [0.2, 0.25) is 0 Å². The van der Waals surface area contributed by atoms with Crippen LogP contribution < -0.4 is 10.6 Å². The van der Waals surface area contributed by atoms with Crippen LogP contribution in [0.4, 0.5) is 5.69 Å². The first kappa shape index (κ1) is 16.0. The molecule has 2 amide bonds. The minimum absolute atomic E-state index is 0.0430. The summed E-state index contributed by atoms with van der Waals surface area (Å²) in [6.45, 7) is 2.96. The van der Waals surface area contributed by atoms with Gasteiger partial charge in [-0.1, -0.05) is 6.07 Å². The number of fused-ring (bicyclic) bond motifs is 1. The number of carbonyl (C=O) groups is 2. The Morgan fingerprint density at radius 2 is 2.09 bits per heavy atom. The van der Waals surface area contributed by atoms with Gasteiger partial charge in [0.05, 0.1) is 11.2 Å². The van der Waals surface area contributed by atoms with Gasteiger partial charge >= 0.3 is 0 Å². The maximum absolute atomic E-state index is 11.9. The molecule has 0 aliphatic carbocycles. The van der Waals surface area contributed by atoms with E-state index in [0.29, 0.717) is 13.2 Å². The summed E-state index contributed by atoms with van der Waals surface area (Å²) in [7, 11) is 1.64. The molecule has 0 unspecified atom stereocenters. The molecule has 1 heterocycles. The van der Waals surface area contributed by atoms with Gasteiger partial charge in [-0.3, -0.25) is 9.59 Å². The van der Waals surface area contributed by atoms with Gasteiger partial charge in [0.1, 0.15) is 6.54 Å². The Labute approximate surface area is 129 Å². The average molecular weight is 303 g/mol. The molecular formula is C16H21N3O3. The maximum Gasteiger partial charge on any atom is 0.239 e. The first-order valence-electron chi connectivity index (χ1n) is 7.23. The summed E-state index contributed by atoms with van der Waals surface area (Å²) in [6, 6.07) is 7.54. The molecule has 22 heavy (non-hydrogen) atoms. The molecule has 0 saturated carbocycles. The topological polar surface area (TPSA) is 72.4 Å². The van der Waals surface area contributed by atoms with Gasteiger partial charge in [0.2, 0.25) is 11.8 Å². The molecule has 1 aromatic heterocycles. The number of nitrogens with one attached hydrogen (secondary N) is 2. The van der Waals surface area contributed by atoms with Crippen LogP contribution in [0.25, 0.3) is 10.9 Å². The summed E-state index contributed by atoms with van der Waals surface area (Å²) in [4.78, 5) is 23.2. The standard InChI is InChI=1S/C16H21N3O3/c1-12(20)18-14-5-3-6-15-13(14)7-9-19(15)11-16(21)17-8-4-10-22-2/h3,5-7,9H,4,8,10-11H2,1-2H3,(H,17,21)(H,18,20). The Hall–Kier alpha value is -2.34. The van der Waals surface area contributed by atoms with Crippen LogP contribution in [0.3, 0.4) is 0 Å². The van der Waals surface area contributed by atoms with Crippen molar-refractivity contribution in [1.29, 1.82) is 0 Å². The molecule has 0 saturated heterocycles. The quantitative estimate of drug-likeness (QED) is 0.765. The number of amides is 2. The zero-order chi connectivity index (χ0) is 15.9. The van der Waals surface area contributed by atoms with Gasteiger partial charge in [-0.25, -0.2) is 0 Å². The van der Waals surface area contributed by atoms with Gasteiger partial charge in [-0.15, -0.1) is 0 Å². The average Bonchev–Trinajstić information content (AvgIpc) is 2.87. The van der Waals surface area contributed by atoms with Crippen molar-refractivity contribution >= 4 is 28.4 Å². The first-order chi connectivity index (χ1) is 10.6. The lowest BCUT2D eigenvalue weighted by Gasteiger charge is -2.08. The van der Waals surface area contributed by atoms with Crippen molar-refractivity contribution in [3.8, 4) is 0 Å². The summed E-state index contributed by atoms with van der Waals surface area (Å²) >= 11 is 0. The highest BCUT2D eigenvalue weighted by atomic mass is 16.5. The number of hydrogen-bond acceptors (Lipinski definition) is 3. The number of hydrogen-bond donors (Lipinski definition) is 2. The number of rotatable bonds is 7. The van der Waals surface area contributed by atoms with E-state index in [2.05, 4.69) is 10.6 Å². The molecule has 0 atom stereocenters. The molecule has 0 spiro atoms. The second-order valence-electron chi connectivity index (χ2n) is 5.06. The van der Waals surface area contributed by atoms with Gasteiger partial charge in [-0.05, 0) is 24.6 Å². The van der Waals surface area contributed by atoms with Gasteiger partial charge in [0.15, 0.2) is 0 Å². The molecule has 0 bridgehead atoms. The Balaban J connectivity index is 2.06. The zero-order valence-electron chi connectivity index (χ0n) is 12.9. The molecular weight excluding hydrogens is 282 g/mol.